The van der Waals surface area contributed by atoms with Crippen LogP contribution in [0.2, 0.25) is 0 Å². The molecular formula is C16H17F2N. The van der Waals surface area contributed by atoms with Gasteiger partial charge in [-0.15, -0.1) is 0 Å². The SMILES string of the molecule is CNC(C)c1ccc(F)c(-c2ccc(C)c(F)c2)c1. The van der Waals surface area contributed by atoms with Crippen LogP contribution in [-0.2, 0) is 0 Å². The maximum absolute atomic E-state index is 13.9. The third-order valence-electron chi connectivity index (χ3n) is 3.41. The predicted molar refractivity (Wildman–Crippen MR) is 74.0 cm³/mol. The van der Waals surface area contributed by atoms with Crippen molar-refractivity contribution >= 4 is 0 Å². The molecule has 2 aromatic rings. The highest BCUT2D eigenvalue weighted by atomic mass is 19.1. The van der Waals surface area contributed by atoms with Crippen LogP contribution in [0.5, 0.6) is 0 Å². The first-order valence-electron chi connectivity index (χ1n) is 6.26. The second-order valence-electron chi connectivity index (χ2n) is 4.71. The Morgan fingerprint density at radius 1 is 1.00 bits per heavy atom. The smallest absolute Gasteiger partial charge is 0.131 e. The Hall–Kier alpha value is -1.74. The average Bonchev–Trinajstić information content (AvgIpc) is 2.41. The van der Waals surface area contributed by atoms with Crippen molar-refractivity contribution in [3.8, 4) is 11.1 Å². The number of nitrogens with one attached hydrogen (secondary N) is 1. The van der Waals surface area contributed by atoms with Gasteiger partial charge in [0.2, 0.25) is 0 Å². The number of halogens is 2. The fraction of sp³-hybridized carbons (Fsp3) is 0.250. The first-order valence-corrected chi connectivity index (χ1v) is 6.26. The van der Waals surface area contributed by atoms with E-state index in [9.17, 15) is 8.78 Å². The van der Waals surface area contributed by atoms with Crippen molar-refractivity contribution in [2.75, 3.05) is 7.05 Å². The molecule has 1 atom stereocenters. The lowest BCUT2D eigenvalue weighted by Gasteiger charge is -2.13. The first kappa shape index (κ1) is 13.7. The van der Waals surface area contributed by atoms with E-state index in [4.69, 9.17) is 0 Å². The summed E-state index contributed by atoms with van der Waals surface area (Å²) in [6.45, 7) is 3.68. The standard InChI is InChI=1S/C16H17F2N/c1-10-4-5-13(9-16(10)18)14-8-12(11(2)19-3)6-7-15(14)17/h4-9,11,19H,1-3H3. The van der Waals surface area contributed by atoms with E-state index in [1.807, 2.05) is 14.0 Å². The zero-order valence-corrected chi connectivity index (χ0v) is 11.3. The molecular weight excluding hydrogens is 244 g/mol. The summed E-state index contributed by atoms with van der Waals surface area (Å²) in [6, 6.07) is 9.83. The van der Waals surface area contributed by atoms with E-state index in [-0.39, 0.29) is 17.7 Å². The van der Waals surface area contributed by atoms with E-state index < -0.39 is 0 Å². The van der Waals surface area contributed by atoms with Gasteiger partial charge >= 0.3 is 0 Å². The molecule has 0 aliphatic carbocycles. The average molecular weight is 261 g/mol. The van der Waals surface area contributed by atoms with Crippen LogP contribution in [0, 0.1) is 18.6 Å². The molecule has 0 radical (unpaired) electrons. The molecule has 19 heavy (non-hydrogen) atoms. The molecule has 2 aromatic carbocycles. The Bertz CT molecular complexity index is 593. The summed E-state index contributed by atoms with van der Waals surface area (Å²) in [6.07, 6.45) is 0. The molecule has 2 rings (SSSR count). The van der Waals surface area contributed by atoms with Crippen molar-refractivity contribution in [2.45, 2.75) is 19.9 Å². The third-order valence-corrected chi connectivity index (χ3v) is 3.41. The number of hydrogen-bond acceptors (Lipinski definition) is 1. The van der Waals surface area contributed by atoms with Gasteiger partial charge in [-0.25, -0.2) is 8.78 Å². The Morgan fingerprint density at radius 2 is 1.74 bits per heavy atom. The predicted octanol–water partition coefficient (Wildman–Crippen LogP) is 4.22. The van der Waals surface area contributed by atoms with Crippen LogP contribution < -0.4 is 5.32 Å². The molecule has 0 bridgehead atoms. The summed E-state index contributed by atoms with van der Waals surface area (Å²) in [5.74, 6) is -0.653. The van der Waals surface area contributed by atoms with Gasteiger partial charge in [0.25, 0.3) is 0 Å². The molecule has 0 aliphatic heterocycles. The lowest BCUT2D eigenvalue weighted by atomic mass is 9.98. The second kappa shape index (κ2) is 5.49. The van der Waals surface area contributed by atoms with Crippen molar-refractivity contribution < 1.29 is 8.78 Å². The molecule has 0 aliphatic rings. The molecule has 1 N–H and O–H groups in total. The minimum atomic E-state index is -0.338. The molecule has 0 amide bonds. The topological polar surface area (TPSA) is 12.0 Å². The summed E-state index contributed by atoms with van der Waals surface area (Å²) in [7, 11) is 1.85. The summed E-state index contributed by atoms with van der Waals surface area (Å²) in [5.41, 5.74) is 2.52. The van der Waals surface area contributed by atoms with E-state index in [0.717, 1.165) is 5.56 Å². The molecule has 1 unspecified atom stereocenters. The lowest BCUT2D eigenvalue weighted by molar-refractivity contribution is 0.615. The Kier molecular flexibility index (Phi) is 3.96. The zero-order valence-electron chi connectivity index (χ0n) is 11.3. The van der Waals surface area contributed by atoms with Crippen molar-refractivity contribution in [3.05, 3.63) is 59.2 Å². The van der Waals surface area contributed by atoms with Gasteiger partial charge in [-0.1, -0.05) is 18.2 Å². The fourth-order valence-electron chi connectivity index (χ4n) is 1.96. The van der Waals surface area contributed by atoms with E-state index in [0.29, 0.717) is 16.7 Å². The van der Waals surface area contributed by atoms with Crippen molar-refractivity contribution in [1.82, 2.24) is 5.32 Å². The maximum Gasteiger partial charge on any atom is 0.131 e. The molecule has 0 saturated carbocycles. The Balaban J connectivity index is 2.51. The summed E-state index contributed by atoms with van der Waals surface area (Å²) in [4.78, 5) is 0. The lowest BCUT2D eigenvalue weighted by Crippen LogP contribution is -2.12. The molecule has 1 nitrogen and oxygen atoms in total. The van der Waals surface area contributed by atoms with E-state index >= 15 is 0 Å². The van der Waals surface area contributed by atoms with Crippen molar-refractivity contribution in [2.24, 2.45) is 0 Å². The van der Waals surface area contributed by atoms with Gasteiger partial charge in [0.15, 0.2) is 0 Å². The largest absolute Gasteiger partial charge is 0.313 e. The monoisotopic (exact) mass is 261 g/mol. The van der Waals surface area contributed by atoms with Crippen LogP contribution in [0.1, 0.15) is 24.1 Å². The van der Waals surface area contributed by atoms with E-state index in [1.54, 1.807) is 31.2 Å². The van der Waals surface area contributed by atoms with Gasteiger partial charge in [-0.05, 0) is 55.8 Å². The van der Waals surface area contributed by atoms with Crippen LogP contribution in [0.25, 0.3) is 11.1 Å². The van der Waals surface area contributed by atoms with Gasteiger partial charge in [-0.3, -0.25) is 0 Å². The summed E-state index contributed by atoms with van der Waals surface area (Å²) >= 11 is 0. The normalized spacial score (nSPS) is 12.5. The van der Waals surface area contributed by atoms with Crippen molar-refractivity contribution in [3.63, 3.8) is 0 Å². The molecule has 100 valence electrons. The molecule has 0 heterocycles. The van der Waals surface area contributed by atoms with Crippen LogP contribution >= 0.6 is 0 Å². The highest BCUT2D eigenvalue weighted by molar-refractivity contribution is 5.65. The van der Waals surface area contributed by atoms with Crippen LogP contribution in [0.15, 0.2) is 36.4 Å². The van der Waals surface area contributed by atoms with Gasteiger partial charge in [0.05, 0.1) is 0 Å². The van der Waals surface area contributed by atoms with Crippen LogP contribution in [0.3, 0.4) is 0 Å². The fourth-order valence-corrected chi connectivity index (χ4v) is 1.96. The van der Waals surface area contributed by atoms with Gasteiger partial charge in [0.1, 0.15) is 11.6 Å². The number of rotatable bonds is 3. The third kappa shape index (κ3) is 2.82. The minimum absolute atomic E-state index is 0.120. The van der Waals surface area contributed by atoms with Crippen LogP contribution in [-0.4, -0.2) is 7.05 Å². The van der Waals surface area contributed by atoms with Gasteiger partial charge < -0.3 is 5.32 Å². The minimum Gasteiger partial charge on any atom is -0.313 e. The molecule has 0 fully saturated rings. The molecule has 0 aromatic heterocycles. The quantitative estimate of drug-likeness (QED) is 0.872. The van der Waals surface area contributed by atoms with E-state index in [1.165, 1.54) is 12.1 Å². The number of benzene rings is 2. The van der Waals surface area contributed by atoms with Crippen molar-refractivity contribution in [1.29, 1.82) is 0 Å². The van der Waals surface area contributed by atoms with Gasteiger partial charge in [0, 0.05) is 11.6 Å². The Morgan fingerprint density at radius 3 is 2.37 bits per heavy atom. The van der Waals surface area contributed by atoms with Gasteiger partial charge in [-0.2, -0.15) is 0 Å². The maximum atomic E-state index is 13.9. The highest BCUT2D eigenvalue weighted by Crippen LogP contribution is 2.27. The summed E-state index contributed by atoms with van der Waals surface area (Å²) in [5, 5.41) is 3.10. The van der Waals surface area contributed by atoms with E-state index in [2.05, 4.69) is 5.32 Å². The number of aryl methyl sites for hydroxylation is 1. The summed E-state index contributed by atoms with van der Waals surface area (Å²) < 4.78 is 27.5. The highest BCUT2D eigenvalue weighted by Gasteiger charge is 2.10. The van der Waals surface area contributed by atoms with Crippen LogP contribution in [0.4, 0.5) is 8.78 Å². The molecule has 0 saturated heterocycles. The second-order valence-corrected chi connectivity index (χ2v) is 4.71. The number of hydrogen-bond donors (Lipinski definition) is 1. The zero-order chi connectivity index (χ0) is 14.0. The Labute approximate surface area is 112 Å². The molecule has 0 spiro atoms. The first-order chi connectivity index (χ1) is 9.02. The molecule has 3 heteroatoms.